The van der Waals surface area contributed by atoms with Crippen molar-refractivity contribution in [2.24, 2.45) is 0 Å². The highest BCUT2D eigenvalue weighted by Crippen LogP contribution is 2.32. The molecule has 2 aromatic rings. The normalized spacial score (nSPS) is 14.0. The molecule has 102 valence electrons. The van der Waals surface area contributed by atoms with Gasteiger partial charge in [-0.1, -0.05) is 12.1 Å². The van der Waals surface area contributed by atoms with E-state index in [9.17, 15) is 14.7 Å². The standard InChI is InChI=1S/C16H14O4/c17-15(18)10-5-6-12-11(8-10)7-9-3-1-2-4-13(12)14(9)16(19)20/h5-8H,1-4H2,(H,17,18)(H,19,20). The van der Waals surface area contributed by atoms with Crippen LogP contribution in [-0.4, -0.2) is 22.2 Å². The fourth-order valence-electron chi connectivity index (χ4n) is 3.02. The average molecular weight is 270 g/mol. The SMILES string of the molecule is O=C(O)c1ccc2c3c(C(=O)O)c(cc2c1)CCCC3. The third-order valence-corrected chi connectivity index (χ3v) is 3.91. The summed E-state index contributed by atoms with van der Waals surface area (Å²) in [4.78, 5) is 22.6. The molecular weight excluding hydrogens is 256 g/mol. The predicted molar refractivity (Wildman–Crippen MR) is 74.5 cm³/mol. The number of carboxylic acids is 2. The van der Waals surface area contributed by atoms with Crippen LogP contribution in [0.2, 0.25) is 0 Å². The number of fused-ring (bicyclic) bond motifs is 4. The van der Waals surface area contributed by atoms with Crippen LogP contribution in [0.4, 0.5) is 0 Å². The van der Waals surface area contributed by atoms with E-state index >= 15 is 0 Å². The molecule has 0 aliphatic heterocycles. The first-order valence-electron chi connectivity index (χ1n) is 6.63. The first kappa shape index (κ1) is 12.7. The summed E-state index contributed by atoms with van der Waals surface area (Å²) in [5.41, 5.74) is 2.31. The molecule has 0 saturated heterocycles. The molecule has 0 radical (unpaired) electrons. The van der Waals surface area contributed by atoms with Gasteiger partial charge in [0.1, 0.15) is 0 Å². The second-order valence-electron chi connectivity index (χ2n) is 5.14. The monoisotopic (exact) mass is 270 g/mol. The molecule has 1 aliphatic rings. The molecule has 2 bridgehead atoms. The zero-order valence-electron chi connectivity index (χ0n) is 10.8. The molecule has 1 aliphatic carbocycles. The van der Waals surface area contributed by atoms with Gasteiger partial charge in [-0.2, -0.15) is 0 Å². The van der Waals surface area contributed by atoms with Crippen LogP contribution in [0.15, 0.2) is 24.3 Å². The van der Waals surface area contributed by atoms with E-state index in [1.165, 1.54) is 6.07 Å². The summed E-state index contributed by atoms with van der Waals surface area (Å²) in [6.45, 7) is 0. The highest BCUT2D eigenvalue weighted by molar-refractivity contribution is 6.02. The first-order chi connectivity index (χ1) is 9.58. The smallest absolute Gasteiger partial charge is 0.336 e. The van der Waals surface area contributed by atoms with Gasteiger partial charge in [-0.05, 0) is 59.7 Å². The molecule has 0 aromatic heterocycles. The summed E-state index contributed by atoms with van der Waals surface area (Å²) >= 11 is 0. The van der Waals surface area contributed by atoms with Gasteiger partial charge in [0, 0.05) is 0 Å². The fraction of sp³-hybridized carbons (Fsp3) is 0.250. The Morgan fingerprint density at radius 3 is 2.40 bits per heavy atom. The Labute approximate surface area is 115 Å². The maximum Gasteiger partial charge on any atom is 0.336 e. The minimum absolute atomic E-state index is 0.233. The molecule has 3 rings (SSSR count). The van der Waals surface area contributed by atoms with E-state index in [-0.39, 0.29) is 5.56 Å². The van der Waals surface area contributed by atoms with Crippen molar-refractivity contribution in [2.75, 3.05) is 0 Å². The zero-order valence-corrected chi connectivity index (χ0v) is 10.8. The molecule has 20 heavy (non-hydrogen) atoms. The van der Waals surface area contributed by atoms with Gasteiger partial charge >= 0.3 is 11.9 Å². The van der Waals surface area contributed by atoms with Crippen LogP contribution in [0.3, 0.4) is 0 Å². The molecular formula is C16H14O4. The van der Waals surface area contributed by atoms with Gasteiger partial charge in [0.2, 0.25) is 0 Å². The van der Waals surface area contributed by atoms with Crippen molar-refractivity contribution in [3.8, 4) is 0 Å². The molecule has 0 heterocycles. The molecule has 0 fully saturated rings. The quantitative estimate of drug-likeness (QED) is 0.879. The van der Waals surface area contributed by atoms with Crippen LogP contribution in [0.1, 0.15) is 44.7 Å². The molecule has 2 aromatic carbocycles. The van der Waals surface area contributed by atoms with Gasteiger partial charge in [-0.25, -0.2) is 9.59 Å². The molecule has 2 N–H and O–H groups in total. The van der Waals surface area contributed by atoms with E-state index < -0.39 is 11.9 Å². The first-order valence-corrected chi connectivity index (χ1v) is 6.63. The number of aromatic carboxylic acids is 2. The van der Waals surface area contributed by atoms with Crippen molar-refractivity contribution in [3.63, 3.8) is 0 Å². The van der Waals surface area contributed by atoms with Crippen molar-refractivity contribution >= 4 is 22.7 Å². The number of hydrogen-bond donors (Lipinski definition) is 2. The van der Waals surface area contributed by atoms with Crippen molar-refractivity contribution < 1.29 is 19.8 Å². The number of benzene rings is 2. The van der Waals surface area contributed by atoms with E-state index in [0.29, 0.717) is 5.56 Å². The molecule has 0 spiro atoms. The summed E-state index contributed by atoms with van der Waals surface area (Å²) in [5, 5.41) is 20.2. The molecule has 4 heteroatoms. The van der Waals surface area contributed by atoms with Gasteiger partial charge in [-0.3, -0.25) is 0 Å². The summed E-state index contributed by atoms with van der Waals surface area (Å²) < 4.78 is 0. The Balaban J connectivity index is 2.35. The second kappa shape index (κ2) is 4.63. The molecule has 0 amide bonds. The van der Waals surface area contributed by atoms with Crippen molar-refractivity contribution in [3.05, 3.63) is 46.5 Å². The maximum atomic E-state index is 11.5. The topological polar surface area (TPSA) is 74.6 Å². The lowest BCUT2D eigenvalue weighted by Gasteiger charge is -2.12. The van der Waals surface area contributed by atoms with E-state index in [1.54, 1.807) is 12.1 Å². The summed E-state index contributed by atoms with van der Waals surface area (Å²) in [7, 11) is 0. The lowest BCUT2D eigenvalue weighted by molar-refractivity contribution is 0.0684. The Morgan fingerprint density at radius 2 is 1.70 bits per heavy atom. The minimum atomic E-state index is -0.966. The van der Waals surface area contributed by atoms with Gasteiger partial charge in [0.05, 0.1) is 11.1 Å². The van der Waals surface area contributed by atoms with Gasteiger partial charge < -0.3 is 10.2 Å². The fourth-order valence-corrected chi connectivity index (χ4v) is 3.02. The summed E-state index contributed by atoms with van der Waals surface area (Å²) in [5.74, 6) is -1.85. The van der Waals surface area contributed by atoms with Gasteiger partial charge in [0.15, 0.2) is 0 Å². The van der Waals surface area contributed by atoms with Crippen LogP contribution in [0.25, 0.3) is 10.8 Å². The van der Waals surface area contributed by atoms with Gasteiger partial charge in [-0.15, -0.1) is 0 Å². The van der Waals surface area contributed by atoms with E-state index in [2.05, 4.69) is 0 Å². The second-order valence-corrected chi connectivity index (χ2v) is 5.14. The van der Waals surface area contributed by atoms with Crippen molar-refractivity contribution in [1.82, 2.24) is 0 Å². The molecule has 4 nitrogen and oxygen atoms in total. The third kappa shape index (κ3) is 1.93. The number of carboxylic acid groups (broad SMARTS) is 2. The van der Waals surface area contributed by atoms with Crippen molar-refractivity contribution in [1.29, 1.82) is 0 Å². The van der Waals surface area contributed by atoms with E-state index in [1.807, 2.05) is 6.07 Å². The Kier molecular flexibility index (Phi) is 2.93. The van der Waals surface area contributed by atoms with E-state index in [0.717, 1.165) is 47.6 Å². The van der Waals surface area contributed by atoms with Crippen LogP contribution in [0, 0.1) is 0 Å². The molecule has 0 unspecified atom stereocenters. The van der Waals surface area contributed by atoms with E-state index in [4.69, 9.17) is 5.11 Å². The highest BCUT2D eigenvalue weighted by Gasteiger charge is 2.21. The van der Waals surface area contributed by atoms with Crippen LogP contribution >= 0.6 is 0 Å². The van der Waals surface area contributed by atoms with Crippen LogP contribution in [0.5, 0.6) is 0 Å². The van der Waals surface area contributed by atoms with Crippen LogP contribution in [-0.2, 0) is 12.8 Å². The largest absolute Gasteiger partial charge is 0.478 e. The average Bonchev–Trinajstić information content (AvgIpc) is 2.56. The predicted octanol–water partition coefficient (Wildman–Crippen LogP) is 3.12. The summed E-state index contributed by atoms with van der Waals surface area (Å²) in [6.07, 6.45) is 3.40. The number of rotatable bonds is 2. The third-order valence-electron chi connectivity index (χ3n) is 3.91. The number of aryl methyl sites for hydroxylation is 2. The van der Waals surface area contributed by atoms with Gasteiger partial charge in [0.25, 0.3) is 0 Å². The maximum absolute atomic E-state index is 11.5. The Hall–Kier alpha value is -2.36. The zero-order chi connectivity index (χ0) is 14.3. The van der Waals surface area contributed by atoms with Crippen molar-refractivity contribution in [2.45, 2.75) is 25.7 Å². The lowest BCUT2D eigenvalue weighted by Crippen LogP contribution is -2.06. The molecule has 0 atom stereocenters. The lowest BCUT2D eigenvalue weighted by atomic mass is 9.92. The highest BCUT2D eigenvalue weighted by atomic mass is 16.4. The Morgan fingerprint density at radius 1 is 0.950 bits per heavy atom. The number of hydrogen-bond acceptors (Lipinski definition) is 2. The Bertz CT molecular complexity index is 731. The van der Waals surface area contributed by atoms with Crippen LogP contribution < -0.4 is 0 Å². The summed E-state index contributed by atoms with van der Waals surface area (Å²) in [6, 6.07) is 6.73. The molecule has 0 saturated carbocycles. The number of carbonyl (C=O) groups is 2. The minimum Gasteiger partial charge on any atom is -0.478 e.